The second-order valence-electron chi connectivity index (χ2n) is 7.18. The van der Waals surface area contributed by atoms with Crippen molar-refractivity contribution < 1.29 is 13.5 Å². The molecular formula is C23H18N4O3S. The van der Waals surface area contributed by atoms with E-state index in [1.807, 2.05) is 36.4 Å². The van der Waals surface area contributed by atoms with Gasteiger partial charge in [-0.05, 0) is 48.5 Å². The van der Waals surface area contributed by atoms with E-state index in [1.54, 1.807) is 30.3 Å². The SMILES string of the molecule is Nc1cccc(S(=O)(=O)Nc2ccc3[nH]c(O)c(-c4ccc5ccccc5n4)c3c2)c1. The molecule has 0 saturated heterocycles. The quantitative estimate of drug-likeness (QED) is 0.313. The molecule has 0 aliphatic carbocycles. The number of aromatic nitrogens is 2. The van der Waals surface area contributed by atoms with Crippen molar-refractivity contribution >= 4 is 43.2 Å². The molecule has 8 heteroatoms. The first-order chi connectivity index (χ1) is 14.9. The Kier molecular flexibility index (Phi) is 4.30. The van der Waals surface area contributed by atoms with E-state index < -0.39 is 10.0 Å². The van der Waals surface area contributed by atoms with Crippen LogP contribution in [0.25, 0.3) is 33.1 Å². The van der Waals surface area contributed by atoms with Crippen LogP contribution >= 0.6 is 0 Å². The van der Waals surface area contributed by atoms with Crippen LogP contribution in [0.1, 0.15) is 0 Å². The molecule has 5 N–H and O–H groups in total. The van der Waals surface area contributed by atoms with E-state index in [1.165, 1.54) is 12.1 Å². The molecule has 7 nitrogen and oxygen atoms in total. The smallest absolute Gasteiger partial charge is 0.261 e. The Hall–Kier alpha value is -4.04. The standard InChI is InChI=1S/C23H18N4O3S/c24-15-5-3-6-17(12-15)31(29,30)27-16-9-11-20-18(13-16)22(23(28)26-20)21-10-8-14-4-1-2-7-19(14)25-21/h1-13,26-28H,24H2. The van der Waals surface area contributed by atoms with Crippen molar-refractivity contribution in [2.24, 2.45) is 0 Å². The molecule has 0 aliphatic rings. The third-order valence-electron chi connectivity index (χ3n) is 5.05. The Morgan fingerprint density at radius 1 is 0.935 bits per heavy atom. The van der Waals surface area contributed by atoms with E-state index >= 15 is 0 Å². The van der Waals surface area contributed by atoms with Crippen molar-refractivity contribution in [2.75, 3.05) is 10.5 Å². The molecular weight excluding hydrogens is 412 g/mol. The number of benzene rings is 3. The lowest BCUT2D eigenvalue weighted by Crippen LogP contribution is -2.13. The minimum atomic E-state index is -3.82. The van der Waals surface area contributed by atoms with Crippen molar-refractivity contribution in [3.05, 3.63) is 78.9 Å². The molecule has 0 unspecified atom stereocenters. The summed E-state index contributed by atoms with van der Waals surface area (Å²) in [4.78, 5) is 7.65. The number of pyridine rings is 1. The largest absolute Gasteiger partial charge is 0.494 e. The number of fused-ring (bicyclic) bond motifs is 2. The third-order valence-corrected chi connectivity index (χ3v) is 6.43. The van der Waals surface area contributed by atoms with Gasteiger partial charge in [0.15, 0.2) is 5.88 Å². The monoisotopic (exact) mass is 430 g/mol. The summed E-state index contributed by atoms with van der Waals surface area (Å²) in [6.07, 6.45) is 0. The van der Waals surface area contributed by atoms with Gasteiger partial charge in [0.1, 0.15) is 0 Å². The van der Waals surface area contributed by atoms with Crippen LogP contribution in [0, 0.1) is 0 Å². The van der Waals surface area contributed by atoms with Crippen LogP contribution in [0.2, 0.25) is 0 Å². The maximum absolute atomic E-state index is 12.8. The van der Waals surface area contributed by atoms with Gasteiger partial charge in [0, 0.05) is 27.7 Å². The second-order valence-corrected chi connectivity index (χ2v) is 8.86. The Labute approximate surface area is 178 Å². The Morgan fingerprint density at radius 2 is 1.77 bits per heavy atom. The molecule has 0 saturated carbocycles. The average molecular weight is 430 g/mol. The number of para-hydroxylation sites is 1. The van der Waals surface area contributed by atoms with E-state index in [4.69, 9.17) is 5.73 Å². The van der Waals surface area contributed by atoms with Crippen molar-refractivity contribution in [3.63, 3.8) is 0 Å². The first-order valence-corrected chi connectivity index (χ1v) is 11.0. The fourth-order valence-corrected chi connectivity index (χ4v) is 4.71. The molecule has 5 aromatic rings. The molecule has 0 fully saturated rings. The fourth-order valence-electron chi connectivity index (χ4n) is 3.60. The molecule has 5 rings (SSSR count). The summed E-state index contributed by atoms with van der Waals surface area (Å²) in [5, 5.41) is 12.2. The van der Waals surface area contributed by atoms with Gasteiger partial charge in [-0.25, -0.2) is 13.4 Å². The van der Waals surface area contributed by atoms with Crippen LogP contribution in [0.15, 0.2) is 83.8 Å². The lowest BCUT2D eigenvalue weighted by atomic mass is 10.1. The second kappa shape index (κ2) is 7.03. The highest BCUT2D eigenvalue weighted by Gasteiger charge is 2.18. The number of nitrogens with two attached hydrogens (primary N) is 1. The maximum Gasteiger partial charge on any atom is 0.261 e. The highest BCUT2D eigenvalue weighted by Crippen LogP contribution is 2.37. The van der Waals surface area contributed by atoms with Gasteiger partial charge in [-0.1, -0.05) is 30.3 Å². The molecule has 0 radical (unpaired) electrons. The van der Waals surface area contributed by atoms with Crippen LogP contribution in [0.3, 0.4) is 0 Å². The number of nitrogens with one attached hydrogen (secondary N) is 2. The van der Waals surface area contributed by atoms with E-state index in [-0.39, 0.29) is 10.8 Å². The molecule has 0 aliphatic heterocycles. The molecule has 2 heterocycles. The Bertz CT molecular complexity index is 1560. The number of sulfonamides is 1. The maximum atomic E-state index is 12.8. The van der Waals surface area contributed by atoms with Crippen LogP contribution in [-0.4, -0.2) is 23.5 Å². The topological polar surface area (TPSA) is 121 Å². The lowest BCUT2D eigenvalue weighted by Gasteiger charge is -2.09. The number of aromatic amines is 1. The highest BCUT2D eigenvalue weighted by molar-refractivity contribution is 7.92. The number of nitrogens with zero attached hydrogens (tertiary/aromatic N) is 1. The highest BCUT2D eigenvalue weighted by atomic mass is 32.2. The number of aromatic hydroxyl groups is 1. The zero-order chi connectivity index (χ0) is 21.6. The predicted molar refractivity (Wildman–Crippen MR) is 122 cm³/mol. The Balaban J connectivity index is 1.60. The summed E-state index contributed by atoms with van der Waals surface area (Å²) in [6, 6.07) is 22.5. The van der Waals surface area contributed by atoms with Crippen LogP contribution in [-0.2, 0) is 10.0 Å². The van der Waals surface area contributed by atoms with Gasteiger partial charge in [0.05, 0.1) is 21.7 Å². The van der Waals surface area contributed by atoms with Gasteiger partial charge >= 0.3 is 0 Å². The zero-order valence-electron chi connectivity index (χ0n) is 16.2. The number of rotatable bonds is 4. The van der Waals surface area contributed by atoms with Gasteiger partial charge in [-0.3, -0.25) is 4.72 Å². The van der Waals surface area contributed by atoms with Gasteiger partial charge in [-0.2, -0.15) is 0 Å². The first-order valence-electron chi connectivity index (χ1n) is 9.50. The molecule has 0 atom stereocenters. The number of anilines is 2. The van der Waals surface area contributed by atoms with Gasteiger partial charge < -0.3 is 15.8 Å². The minimum absolute atomic E-state index is 0.0337. The van der Waals surface area contributed by atoms with Crippen molar-refractivity contribution in [1.82, 2.24) is 9.97 Å². The molecule has 0 bridgehead atoms. The molecule has 2 aromatic heterocycles. The van der Waals surface area contributed by atoms with E-state index in [0.29, 0.717) is 33.5 Å². The number of nitrogen functional groups attached to an aromatic ring is 1. The summed E-state index contributed by atoms with van der Waals surface area (Å²) in [5.41, 5.74) is 8.98. The summed E-state index contributed by atoms with van der Waals surface area (Å²) >= 11 is 0. The first kappa shape index (κ1) is 19.0. The van der Waals surface area contributed by atoms with Crippen molar-refractivity contribution in [3.8, 4) is 17.1 Å². The molecule has 31 heavy (non-hydrogen) atoms. The van der Waals surface area contributed by atoms with Crippen molar-refractivity contribution in [2.45, 2.75) is 4.90 Å². The van der Waals surface area contributed by atoms with E-state index in [9.17, 15) is 13.5 Å². The average Bonchev–Trinajstić information content (AvgIpc) is 3.08. The summed E-state index contributed by atoms with van der Waals surface area (Å²) in [6.45, 7) is 0. The van der Waals surface area contributed by atoms with Crippen LogP contribution in [0.4, 0.5) is 11.4 Å². The Morgan fingerprint density at radius 3 is 2.61 bits per heavy atom. The summed E-state index contributed by atoms with van der Waals surface area (Å²) in [5.74, 6) is -0.0337. The molecule has 0 amide bonds. The van der Waals surface area contributed by atoms with Gasteiger partial charge in [0.25, 0.3) is 10.0 Å². The minimum Gasteiger partial charge on any atom is -0.494 e. The van der Waals surface area contributed by atoms with Crippen molar-refractivity contribution in [1.29, 1.82) is 0 Å². The number of hydrogen-bond donors (Lipinski definition) is 4. The van der Waals surface area contributed by atoms with Crippen LogP contribution in [0.5, 0.6) is 5.88 Å². The van der Waals surface area contributed by atoms with E-state index in [2.05, 4.69) is 14.7 Å². The number of hydrogen-bond acceptors (Lipinski definition) is 5. The lowest BCUT2D eigenvalue weighted by molar-refractivity contribution is 0.460. The normalized spacial score (nSPS) is 11.7. The van der Waals surface area contributed by atoms with Gasteiger partial charge in [0.2, 0.25) is 0 Å². The molecule has 3 aromatic carbocycles. The van der Waals surface area contributed by atoms with E-state index in [0.717, 1.165) is 10.9 Å². The zero-order valence-corrected chi connectivity index (χ0v) is 17.0. The summed E-state index contributed by atoms with van der Waals surface area (Å²) < 4.78 is 28.1. The predicted octanol–water partition coefficient (Wildman–Crippen LogP) is 4.47. The molecule has 0 spiro atoms. The summed E-state index contributed by atoms with van der Waals surface area (Å²) in [7, 11) is -3.82. The third kappa shape index (κ3) is 3.43. The number of H-pyrrole nitrogens is 1. The molecule has 154 valence electrons. The van der Waals surface area contributed by atoms with Gasteiger partial charge in [-0.15, -0.1) is 0 Å². The van der Waals surface area contributed by atoms with Crippen LogP contribution < -0.4 is 10.5 Å². The fraction of sp³-hybridized carbons (Fsp3) is 0.